The van der Waals surface area contributed by atoms with E-state index in [9.17, 15) is 9.59 Å². The van der Waals surface area contributed by atoms with Crippen molar-refractivity contribution in [2.24, 2.45) is 0 Å². The van der Waals surface area contributed by atoms with Crippen molar-refractivity contribution < 1.29 is 9.59 Å². The molecule has 0 radical (unpaired) electrons. The monoisotopic (exact) mass is 315 g/mol. The fourth-order valence-electron chi connectivity index (χ4n) is 1.39. The van der Waals surface area contributed by atoms with E-state index in [1.165, 1.54) is 28.0 Å². The number of carbonyl (C=O) groups excluding carboxylic acids is 2. The van der Waals surface area contributed by atoms with Crippen molar-refractivity contribution in [3.63, 3.8) is 0 Å². The summed E-state index contributed by atoms with van der Waals surface area (Å²) in [7, 11) is 1.64. The lowest BCUT2D eigenvalue weighted by molar-refractivity contribution is -0.133. The molecule has 0 aliphatic heterocycles. The maximum atomic E-state index is 11.9. The largest absolute Gasteiger partial charge is 0.350 e. The van der Waals surface area contributed by atoms with Crippen LogP contribution in [-0.2, 0) is 9.59 Å². The molecule has 1 aromatic heterocycles. The zero-order valence-electron chi connectivity index (χ0n) is 12.5. The minimum Gasteiger partial charge on any atom is -0.350 e. The number of thiazole rings is 1. The van der Waals surface area contributed by atoms with Gasteiger partial charge in [0.2, 0.25) is 11.8 Å². The third-order valence-electron chi connectivity index (χ3n) is 2.24. The van der Waals surface area contributed by atoms with Gasteiger partial charge in [0.1, 0.15) is 0 Å². The number of aromatic nitrogens is 1. The van der Waals surface area contributed by atoms with Gasteiger partial charge in [-0.15, -0.1) is 11.3 Å². The Labute approximate surface area is 128 Å². The van der Waals surface area contributed by atoms with E-state index in [-0.39, 0.29) is 23.9 Å². The molecule has 5 nitrogen and oxygen atoms in total. The van der Waals surface area contributed by atoms with Gasteiger partial charge in [-0.05, 0) is 27.7 Å². The van der Waals surface area contributed by atoms with Crippen LogP contribution in [0.1, 0.15) is 26.5 Å². The minimum atomic E-state index is -0.284. The average molecular weight is 315 g/mol. The number of hydrogen-bond acceptors (Lipinski definition) is 5. The van der Waals surface area contributed by atoms with Crippen molar-refractivity contribution >= 4 is 34.9 Å². The van der Waals surface area contributed by atoms with Gasteiger partial charge in [0.25, 0.3) is 0 Å². The number of likely N-dealkylation sites (N-methyl/N-ethyl adjacent to an activating group) is 1. The first kappa shape index (κ1) is 17.0. The Morgan fingerprint density at radius 1 is 1.45 bits per heavy atom. The molecule has 1 N–H and O–H groups in total. The molecule has 0 atom stereocenters. The van der Waals surface area contributed by atoms with Gasteiger partial charge >= 0.3 is 0 Å². The quantitative estimate of drug-likeness (QED) is 0.843. The Morgan fingerprint density at radius 3 is 2.60 bits per heavy atom. The van der Waals surface area contributed by atoms with Crippen LogP contribution < -0.4 is 5.32 Å². The molecule has 0 fully saturated rings. The zero-order chi connectivity index (χ0) is 15.3. The molecular weight excluding hydrogens is 294 g/mol. The Morgan fingerprint density at radius 2 is 2.10 bits per heavy atom. The van der Waals surface area contributed by atoms with Crippen LogP contribution in [0, 0.1) is 6.92 Å². The van der Waals surface area contributed by atoms with Gasteiger partial charge in [-0.2, -0.15) is 0 Å². The molecule has 20 heavy (non-hydrogen) atoms. The third-order valence-corrected chi connectivity index (χ3v) is 4.36. The lowest BCUT2D eigenvalue weighted by Gasteiger charge is -2.23. The molecule has 1 heterocycles. The fourth-order valence-corrected chi connectivity index (χ4v) is 3.18. The summed E-state index contributed by atoms with van der Waals surface area (Å²) in [4.78, 5) is 29.4. The fraction of sp³-hybridized carbons (Fsp3) is 0.615. The van der Waals surface area contributed by atoms with E-state index in [0.717, 1.165) is 10.0 Å². The maximum Gasteiger partial charge on any atom is 0.240 e. The van der Waals surface area contributed by atoms with Crippen molar-refractivity contribution in [2.45, 2.75) is 37.6 Å². The number of thioether (sulfide) groups is 1. The minimum absolute atomic E-state index is 0.0769. The molecule has 0 bridgehead atoms. The van der Waals surface area contributed by atoms with E-state index in [1.807, 2.05) is 33.1 Å². The molecule has 0 aromatic carbocycles. The van der Waals surface area contributed by atoms with Crippen molar-refractivity contribution in [1.29, 1.82) is 0 Å². The van der Waals surface area contributed by atoms with Crippen LogP contribution in [0.5, 0.6) is 0 Å². The number of nitrogens with one attached hydrogen (secondary N) is 1. The normalized spacial score (nSPS) is 11.2. The number of rotatable bonds is 5. The molecule has 1 aromatic rings. The number of amides is 2. The highest BCUT2D eigenvalue weighted by molar-refractivity contribution is 8.01. The van der Waals surface area contributed by atoms with Gasteiger partial charge in [-0.3, -0.25) is 9.59 Å². The molecular formula is C13H21N3O2S2. The highest BCUT2D eigenvalue weighted by Crippen LogP contribution is 2.22. The molecule has 0 spiro atoms. The molecule has 0 aliphatic carbocycles. The van der Waals surface area contributed by atoms with Crippen LogP contribution in [-0.4, -0.2) is 46.6 Å². The van der Waals surface area contributed by atoms with Crippen molar-refractivity contribution in [3.05, 3.63) is 11.1 Å². The van der Waals surface area contributed by atoms with Crippen LogP contribution in [0.2, 0.25) is 0 Å². The number of carbonyl (C=O) groups is 2. The predicted molar refractivity (Wildman–Crippen MR) is 83.1 cm³/mol. The summed E-state index contributed by atoms with van der Waals surface area (Å²) in [6, 6.07) is 0. The summed E-state index contributed by atoms with van der Waals surface area (Å²) in [5, 5.41) is 4.78. The molecule has 1 rings (SSSR count). The summed E-state index contributed by atoms with van der Waals surface area (Å²) >= 11 is 2.93. The standard InChI is InChI=1S/C13H21N3O2S2/c1-9-7-19-12(14-9)20-8-11(18)16(5)6-10(17)15-13(2,3)4/h7H,6,8H2,1-5H3,(H,15,17). The second kappa shape index (κ2) is 7.08. The van der Waals surface area contributed by atoms with Crippen LogP contribution in [0.3, 0.4) is 0 Å². The zero-order valence-corrected chi connectivity index (χ0v) is 14.2. The molecule has 0 saturated carbocycles. The summed E-state index contributed by atoms with van der Waals surface area (Å²) in [5.74, 6) is 0.0713. The van der Waals surface area contributed by atoms with Gasteiger partial charge in [-0.25, -0.2) is 4.98 Å². The first-order chi connectivity index (χ1) is 9.17. The van der Waals surface area contributed by atoms with Crippen LogP contribution in [0.25, 0.3) is 0 Å². The van der Waals surface area contributed by atoms with Crippen molar-refractivity contribution in [3.8, 4) is 0 Å². The Kier molecular flexibility index (Phi) is 6.01. The van der Waals surface area contributed by atoms with Gasteiger partial charge in [0, 0.05) is 23.7 Å². The molecule has 0 saturated heterocycles. The van der Waals surface area contributed by atoms with E-state index in [2.05, 4.69) is 10.3 Å². The smallest absolute Gasteiger partial charge is 0.240 e. The Balaban J connectivity index is 2.37. The topological polar surface area (TPSA) is 62.3 Å². The average Bonchev–Trinajstić information content (AvgIpc) is 2.69. The summed E-state index contributed by atoms with van der Waals surface area (Å²) in [5.41, 5.74) is 0.677. The third kappa shape index (κ3) is 6.38. The number of aryl methyl sites for hydroxylation is 1. The molecule has 0 unspecified atom stereocenters. The van der Waals surface area contributed by atoms with Crippen molar-refractivity contribution in [1.82, 2.24) is 15.2 Å². The molecule has 2 amide bonds. The van der Waals surface area contributed by atoms with Crippen molar-refractivity contribution in [2.75, 3.05) is 19.3 Å². The van der Waals surface area contributed by atoms with Crippen LogP contribution >= 0.6 is 23.1 Å². The Bertz CT molecular complexity index is 480. The SMILES string of the molecule is Cc1csc(SCC(=O)N(C)CC(=O)NC(C)(C)C)n1. The predicted octanol–water partition coefficient (Wildman–Crippen LogP) is 1.92. The van der Waals surface area contributed by atoms with Gasteiger partial charge < -0.3 is 10.2 Å². The van der Waals surface area contributed by atoms with E-state index < -0.39 is 0 Å². The second-order valence-electron chi connectivity index (χ2n) is 5.59. The second-order valence-corrected chi connectivity index (χ2v) is 7.67. The number of nitrogens with zero attached hydrogens (tertiary/aromatic N) is 2. The Hall–Kier alpha value is -1.08. The molecule has 0 aliphatic rings. The van der Waals surface area contributed by atoms with Crippen LogP contribution in [0.15, 0.2) is 9.72 Å². The first-order valence-corrected chi connectivity index (χ1v) is 8.14. The number of hydrogen-bond donors (Lipinski definition) is 1. The van der Waals surface area contributed by atoms with Gasteiger partial charge in [0.05, 0.1) is 12.3 Å². The lowest BCUT2D eigenvalue weighted by atomic mass is 10.1. The van der Waals surface area contributed by atoms with E-state index >= 15 is 0 Å². The summed E-state index contributed by atoms with van der Waals surface area (Å²) in [6.45, 7) is 7.73. The maximum absolute atomic E-state index is 11.9. The molecule has 7 heteroatoms. The highest BCUT2D eigenvalue weighted by Gasteiger charge is 2.18. The highest BCUT2D eigenvalue weighted by atomic mass is 32.2. The van der Waals surface area contributed by atoms with Crippen LogP contribution in [0.4, 0.5) is 0 Å². The molecule has 112 valence electrons. The van der Waals surface area contributed by atoms with E-state index in [4.69, 9.17) is 0 Å². The van der Waals surface area contributed by atoms with Gasteiger partial charge in [-0.1, -0.05) is 11.8 Å². The first-order valence-electron chi connectivity index (χ1n) is 6.27. The summed E-state index contributed by atoms with van der Waals surface area (Å²) in [6.07, 6.45) is 0. The van der Waals surface area contributed by atoms with E-state index in [1.54, 1.807) is 7.05 Å². The van der Waals surface area contributed by atoms with E-state index in [0.29, 0.717) is 5.75 Å². The lowest BCUT2D eigenvalue weighted by Crippen LogP contribution is -2.46. The van der Waals surface area contributed by atoms with Gasteiger partial charge in [0.15, 0.2) is 4.34 Å². The summed E-state index contributed by atoms with van der Waals surface area (Å²) < 4.78 is 0.878.